The van der Waals surface area contributed by atoms with Crippen molar-refractivity contribution in [3.8, 4) is 17.0 Å². The maximum Gasteiger partial charge on any atom is 0.123 e. The molecule has 2 rings (SSSR count). The third-order valence-corrected chi connectivity index (χ3v) is 3.22. The van der Waals surface area contributed by atoms with Gasteiger partial charge in [-0.15, -0.1) is 0 Å². The number of H-pyrrole nitrogens is 1. The van der Waals surface area contributed by atoms with E-state index in [1.165, 1.54) is 0 Å². The summed E-state index contributed by atoms with van der Waals surface area (Å²) in [7, 11) is 1.66. The van der Waals surface area contributed by atoms with Crippen LogP contribution in [-0.4, -0.2) is 17.1 Å². The van der Waals surface area contributed by atoms with E-state index in [1.54, 1.807) is 7.11 Å². The Bertz CT molecular complexity index is 531. The lowest BCUT2D eigenvalue weighted by Gasteiger charge is -2.05. The number of aryl methyl sites for hydroxylation is 1. The molecule has 1 aromatic heterocycles. The number of methoxy groups -OCH3 is 1. The first-order valence-electron chi connectivity index (χ1n) is 6.62. The molecule has 102 valence electrons. The van der Waals surface area contributed by atoms with Gasteiger partial charge in [0.2, 0.25) is 0 Å². The minimum atomic E-state index is -0.0179. The Morgan fingerprint density at radius 2 is 2.00 bits per heavy atom. The summed E-state index contributed by atoms with van der Waals surface area (Å²) >= 11 is 0. The van der Waals surface area contributed by atoms with Crippen molar-refractivity contribution in [3.63, 3.8) is 0 Å². The van der Waals surface area contributed by atoms with Crippen LogP contribution in [0.5, 0.6) is 5.75 Å². The summed E-state index contributed by atoms with van der Waals surface area (Å²) in [5.41, 5.74) is 9.18. The van der Waals surface area contributed by atoms with Crippen LogP contribution in [-0.2, 0) is 0 Å². The number of hydrogen-bond donors (Lipinski definition) is 2. The molecule has 1 unspecified atom stereocenters. The Balaban J connectivity index is 2.28. The Kier molecular flexibility index (Phi) is 4.22. The highest BCUT2D eigenvalue weighted by Gasteiger charge is 2.13. The first-order valence-corrected chi connectivity index (χ1v) is 6.62. The molecule has 0 aliphatic carbocycles. The van der Waals surface area contributed by atoms with E-state index in [4.69, 9.17) is 10.5 Å². The number of imidazole rings is 1. The molecule has 1 atom stereocenters. The summed E-state index contributed by atoms with van der Waals surface area (Å²) in [5, 5.41) is 0. The molecule has 0 aliphatic heterocycles. The highest BCUT2D eigenvalue weighted by Crippen LogP contribution is 2.25. The van der Waals surface area contributed by atoms with Crippen LogP contribution in [0.4, 0.5) is 0 Å². The molecule has 0 radical (unpaired) electrons. The fourth-order valence-corrected chi connectivity index (χ4v) is 2.14. The van der Waals surface area contributed by atoms with E-state index in [2.05, 4.69) is 16.9 Å². The predicted octanol–water partition coefficient (Wildman–Crippen LogP) is 3.19. The number of aromatic amines is 1. The van der Waals surface area contributed by atoms with Crippen LogP contribution in [0, 0.1) is 6.92 Å². The van der Waals surface area contributed by atoms with Crippen molar-refractivity contribution < 1.29 is 4.74 Å². The molecule has 0 spiro atoms. The molecule has 19 heavy (non-hydrogen) atoms. The molecule has 1 aromatic carbocycles. The number of hydrogen-bond acceptors (Lipinski definition) is 3. The molecule has 0 aliphatic rings. The summed E-state index contributed by atoms with van der Waals surface area (Å²) in [6.07, 6.45) is 1.99. The van der Waals surface area contributed by atoms with Gasteiger partial charge in [-0.2, -0.15) is 0 Å². The van der Waals surface area contributed by atoms with Gasteiger partial charge in [-0.05, 0) is 37.6 Å². The minimum Gasteiger partial charge on any atom is -0.497 e. The summed E-state index contributed by atoms with van der Waals surface area (Å²) in [4.78, 5) is 7.92. The van der Waals surface area contributed by atoms with Crippen molar-refractivity contribution in [1.82, 2.24) is 9.97 Å². The lowest BCUT2D eigenvalue weighted by molar-refractivity contribution is 0.415. The highest BCUT2D eigenvalue weighted by molar-refractivity contribution is 5.62. The monoisotopic (exact) mass is 259 g/mol. The van der Waals surface area contributed by atoms with E-state index in [1.807, 2.05) is 31.2 Å². The zero-order chi connectivity index (χ0) is 13.8. The van der Waals surface area contributed by atoms with Crippen LogP contribution < -0.4 is 10.5 Å². The van der Waals surface area contributed by atoms with Gasteiger partial charge in [0.05, 0.1) is 18.8 Å². The molecule has 0 bridgehead atoms. The van der Waals surface area contributed by atoms with Crippen molar-refractivity contribution in [2.75, 3.05) is 7.11 Å². The Hall–Kier alpha value is -1.81. The van der Waals surface area contributed by atoms with Crippen LogP contribution in [0.3, 0.4) is 0 Å². The molecule has 1 heterocycles. The molecule has 0 saturated heterocycles. The van der Waals surface area contributed by atoms with Gasteiger partial charge in [0, 0.05) is 11.3 Å². The summed E-state index contributed by atoms with van der Waals surface area (Å²) in [6, 6.07) is 7.88. The van der Waals surface area contributed by atoms with E-state index in [9.17, 15) is 0 Å². The zero-order valence-corrected chi connectivity index (χ0v) is 11.7. The molecule has 2 aromatic rings. The van der Waals surface area contributed by atoms with Crippen LogP contribution in [0.15, 0.2) is 24.3 Å². The fraction of sp³-hybridized carbons (Fsp3) is 0.400. The van der Waals surface area contributed by atoms with Gasteiger partial charge in [-0.1, -0.05) is 13.3 Å². The first-order chi connectivity index (χ1) is 9.15. The Morgan fingerprint density at radius 1 is 1.32 bits per heavy atom. The van der Waals surface area contributed by atoms with Crippen LogP contribution >= 0.6 is 0 Å². The normalized spacial score (nSPS) is 12.4. The van der Waals surface area contributed by atoms with Crippen LogP contribution in [0.1, 0.15) is 37.3 Å². The topological polar surface area (TPSA) is 63.9 Å². The average Bonchev–Trinajstić information content (AvgIpc) is 2.81. The maximum atomic E-state index is 6.10. The Morgan fingerprint density at radius 3 is 2.58 bits per heavy atom. The quantitative estimate of drug-likeness (QED) is 0.866. The van der Waals surface area contributed by atoms with E-state index >= 15 is 0 Å². The molecule has 4 nitrogen and oxygen atoms in total. The Labute approximate surface area is 114 Å². The number of aromatic nitrogens is 2. The van der Waals surface area contributed by atoms with Gasteiger partial charge in [-0.25, -0.2) is 4.98 Å². The van der Waals surface area contributed by atoms with Gasteiger partial charge in [0.1, 0.15) is 11.6 Å². The summed E-state index contributed by atoms with van der Waals surface area (Å²) < 4.78 is 5.16. The van der Waals surface area contributed by atoms with Crippen molar-refractivity contribution in [2.24, 2.45) is 5.73 Å². The van der Waals surface area contributed by atoms with Crippen molar-refractivity contribution in [2.45, 2.75) is 32.7 Å². The molecule has 4 heteroatoms. The van der Waals surface area contributed by atoms with E-state index in [0.29, 0.717) is 0 Å². The number of nitrogens with two attached hydrogens (primary N) is 1. The van der Waals surface area contributed by atoms with Gasteiger partial charge >= 0.3 is 0 Å². The molecule has 0 fully saturated rings. The molecule has 0 amide bonds. The second kappa shape index (κ2) is 5.89. The minimum absolute atomic E-state index is 0.0179. The first kappa shape index (κ1) is 13.6. The number of ether oxygens (including phenoxy) is 1. The summed E-state index contributed by atoms with van der Waals surface area (Å²) in [6.45, 7) is 4.15. The fourth-order valence-electron chi connectivity index (χ4n) is 2.14. The number of rotatable bonds is 5. The molecule has 3 N–H and O–H groups in total. The van der Waals surface area contributed by atoms with Gasteiger partial charge in [0.25, 0.3) is 0 Å². The smallest absolute Gasteiger partial charge is 0.123 e. The second-order valence-corrected chi connectivity index (χ2v) is 4.72. The van der Waals surface area contributed by atoms with Crippen LogP contribution in [0.25, 0.3) is 11.3 Å². The number of nitrogens with zero attached hydrogens (tertiary/aromatic N) is 1. The standard InChI is InChI=1S/C15H21N3O/c1-4-5-13(16)15-17-10(2)14(18-15)11-6-8-12(19-3)9-7-11/h6-9,13H,4-5,16H2,1-3H3,(H,17,18). The van der Waals surface area contributed by atoms with Gasteiger partial charge in [-0.3, -0.25) is 0 Å². The largest absolute Gasteiger partial charge is 0.497 e. The molecular formula is C15H21N3O. The third-order valence-electron chi connectivity index (χ3n) is 3.22. The number of benzene rings is 1. The molecular weight excluding hydrogens is 238 g/mol. The summed E-state index contributed by atoms with van der Waals surface area (Å²) in [5.74, 6) is 1.71. The van der Waals surface area contributed by atoms with E-state index in [-0.39, 0.29) is 6.04 Å². The zero-order valence-electron chi connectivity index (χ0n) is 11.7. The number of nitrogens with one attached hydrogen (secondary N) is 1. The molecule has 0 saturated carbocycles. The lowest BCUT2D eigenvalue weighted by atomic mass is 10.1. The second-order valence-electron chi connectivity index (χ2n) is 4.72. The van der Waals surface area contributed by atoms with E-state index in [0.717, 1.165) is 41.4 Å². The lowest BCUT2D eigenvalue weighted by Crippen LogP contribution is -2.11. The average molecular weight is 259 g/mol. The third kappa shape index (κ3) is 2.96. The van der Waals surface area contributed by atoms with E-state index < -0.39 is 0 Å². The van der Waals surface area contributed by atoms with Crippen molar-refractivity contribution in [3.05, 3.63) is 35.8 Å². The SMILES string of the molecule is CCCC(N)c1nc(-c2ccc(OC)cc2)c(C)[nH]1. The van der Waals surface area contributed by atoms with Crippen LogP contribution in [0.2, 0.25) is 0 Å². The van der Waals surface area contributed by atoms with Gasteiger partial charge in [0.15, 0.2) is 0 Å². The van der Waals surface area contributed by atoms with Crippen molar-refractivity contribution in [1.29, 1.82) is 0 Å². The van der Waals surface area contributed by atoms with Gasteiger partial charge < -0.3 is 15.5 Å². The predicted molar refractivity (Wildman–Crippen MR) is 77.1 cm³/mol. The highest BCUT2D eigenvalue weighted by atomic mass is 16.5. The maximum absolute atomic E-state index is 6.10. The van der Waals surface area contributed by atoms with Crippen molar-refractivity contribution >= 4 is 0 Å².